The van der Waals surface area contributed by atoms with Gasteiger partial charge in [-0.25, -0.2) is 4.98 Å². The zero-order chi connectivity index (χ0) is 48.3. The van der Waals surface area contributed by atoms with Crippen LogP contribution in [0.2, 0.25) is 5.15 Å². The molecule has 0 aliphatic carbocycles. The minimum atomic E-state index is -1.44. The first-order valence-electron chi connectivity index (χ1n) is 21.4. The van der Waals surface area contributed by atoms with Crippen LogP contribution in [-0.4, -0.2) is 104 Å². The van der Waals surface area contributed by atoms with Gasteiger partial charge in [0, 0.05) is 48.9 Å². The number of anilines is 1. The number of fused-ring (bicyclic) bond motifs is 5. The second kappa shape index (κ2) is 22.4. The predicted molar refractivity (Wildman–Crippen MR) is 251 cm³/mol. The molecule has 5 rings (SSSR count). The predicted octanol–water partition coefficient (Wildman–Crippen LogP) is 2.46. The molecular weight excluding hydrogens is 866 g/mol. The van der Waals surface area contributed by atoms with Crippen LogP contribution in [0.4, 0.5) is 5.69 Å². The summed E-state index contributed by atoms with van der Waals surface area (Å²) in [5.74, 6) is -2.93. The number of nitrogens with one attached hydrogen (secondary N) is 4. The van der Waals surface area contributed by atoms with Gasteiger partial charge in [0.05, 0.1) is 17.3 Å². The van der Waals surface area contributed by atoms with E-state index in [-0.39, 0.29) is 79.6 Å². The quantitative estimate of drug-likeness (QED) is 0.0629. The van der Waals surface area contributed by atoms with Gasteiger partial charge >= 0.3 is 0 Å². The lowest BCUT2D eigenvalue weighted by Crippen LogP contribution is -2.56. The van der Waals surface area contributed by atoms with Crippen LogP contribution in [-0.2, 0) is 31.0 Å². The fourth-order valence-corrected chi connectivity index (χ4v) is 7.69. The number of likely N-dealkylation sites (N-methyl/N-ethyl adjacent to an activating group) is 1. The molecule has 0 saturated heterocycles. The Hall–Kier alpha value is -6.78. The highest BCUT2D eigenvalue weighted by Crippen LogP contribution is 2.40. The number of amides is 5. The number of nitrogen functional groups attached to an aromatic ring is 1. The third-order valence-electron chi connectivity index (χ3n) is 10.9. The van der Waals surface area contributed by atoms with Crippen molar-refractivity contribution in [2.75, 3.05) is 52.2 Å². The third-order valence-corrected chi connectivity index (χ3v) is 11.2. The van der Waals surface area contributed by atoms with Crippen LogP contribution in [0.15, 0.2) is 66.7 Å². The summed E-state index contributed by atoms with van der Waals surface area (Å²) < 4.78 is 12.2. The van der Waals surface area contributed by atoms with Crippen LogP contribution in [0.3, 0.4) is 0 Å². The van der Waals surface area contributed by atoms with E-state index >= 15 is 0 Å². The Morgan fingerprint density at radius 3 is 2.15 bits per heavy atom. The SMILES string of the molecule is CC1NC(=O)C(N(C)C(=O)C(CCN)NC(=O)c2c(N)cc(-c3ccc(C(C)(C)C)cc3)nc2Cl)c2ccc(OCCN)c(c2)-c2cc(ccc2OCCN)CC(C(=O)NCC#N)NC1=O. The fourth-order valence-electron chi connectivity index (χ4n) is 7.41. The van der Waals surface area contributed by atoms with Crippen molar-refractivity contribution in [2.45, 2.75) is 70.1 Å². The minimum absolute atomic E-state index is 0.0108. The molecule has 4 unspecified atom stereocenters. The smallest absolute Gasteiger partial charge is 0.257 e. The molecule has 2 heterocycles. The van der Waals surface area contributed by atoms with Crippen molar-refractivity contribution in [1.29, 1.82) is 5.26 Å². The van der Waals surface area contributed by atoms with E-state index in [0.717, 1.165) is 16.0 Å². The van der Waals surface area contributed by atoms with Crippen LogP contribution in [0.1, 0.15) is 67.2 Å². The molecule has 5 amide bonds. The highest BCUT2D eigenvalue weighted by molar-refractivity contribution is 6.33. The minimum Gasteiger partial charge on any atom is -0.492 e. The Labute approximate surface area is 389 Å². The van der Waals surface area contributed by atoms with Gasteiger partial charge in [0.2, 0.25) is 23.6 Å². The summed E-state index contributed by atoms with van der Waals surface area (Å²) in [5.41, 5.74) is 27.9. The summed E-state index contributed by atoms with van der Waals surface area (Å²) in [6, 6.07) is 16.0. The number of nitrogens with two attached hydrogens (primary N) is 4. The number of nitriles is 1. The summed E-state index contributed by atoms with van der Waals surface area (Å²) in [6.07, 6.45) is -0.0740. The van der Waals surface area contributed by atoms with Crippen molar-refractivity contribution >= 4 is 46.8 Å². The summed E-state index contributed by atoms with van der Waals surface area (Å²) in [6.45, 7) is 7.98. The molecule has 4 atom stereocenters. The average Bonchev–Trinajstić information content (AvgIpc) is 3.28. The molecule has 0 spiro atoms. The number of halogens is 1. The lowest BCUT2D eigenvalue weighted by molar-refractivity contribution is -0.141. The number of benzene rings is 3. The van der Waals surface area contributed by atoms with E-state index in [4.69, 9.17) is 49.3 Å². The lowest BCUT2D eigenvalue weighted by Gasteiger charge is -2.32. The summed E-state index contributed by atoms with van der Waals surface area (Å²) in [4.78, 5) is 75.9. The zero-order valence-corrected chi connectivity index (χ0v) is 38.5. The van der Waals surface area contributed by atoms with E-state index in [1.807, 2.05) is 30.3 Å². The summed E-state index contributed by atoms with van der Waals surface area (Å²) in [5, 5.41) is 19.5. The van der Waals surface area contributed by atoms with Gasteiger partial charge in [-0.2, -0.15) is 5.26 Å². The highest BCUT2D eigenvalue weighted by atomic mass is 35.5. The molecule has 19 heteroatoms. The Bertz CT molecular complexity index is 2450. The first kappa shape index (κ1) is 50.2. The Balaban J connectivity index is 1.57. The number of ether oxygens (including phenoxy) is 2. The van der Waals surface area contributed by atoms with Gasteiger partial charge in [0.15, 0.2) is 0 Å². The van der Waals surface area contributed by atoms with Crippen LogP contribution >= 0.6 is 11.6 Å². The van der Waals surface area contributed by atoms with Crippen molar-refractivity contribution in [3.05, 3.63) is 94.1 Å². The number of hydrogen-bond acceptors (Lipinski definition) is 13. The number of nitrogens with zero attached hydrogens (tertiary/aromatic N) is 3. The van der Waals surface area contributed by atoms with E-state index in [2.05, 4.69) is 47.0 Å². The molecule has 1 aromatic heterocycles. The van der Waals surface area contributed by atoms with E-state index < -0.39 is 53.7 Å². The third kappa shape index (κ3) is 12.1. The van der Waals surface area contributed by atoms with E-state index in [0.29, 0.717) is 33.9 Å². The van der Waals surface area contributed by atoms with Gasteiger partial charge in [0.1, 0.15) is 60.6 Å². The Kier molecular flexibility index (Phi) is 17.1. The van der Waals surface area contributed by atoms with Gasteiger partial charge in [0.25, 0.3) is 5.91 Å². The molecular formula is C47H58ClN11O7. The Morgan fingerprint density at radius 2 is 1.56 bits per heavy atom. The molecule has 1 aliphatic rings. The normalized spacial score (nSPS) is 16.6. The first-order chi connectivity index (χ1) is 31.4. The maximum absolute atomic E-state index is 14.7. The molecule has 66 heavy (non-hydrogen) atoms. The monoisotopic (exact) mass is 923 g/mol. The van der Waals surface area contributed by atoms with Crippen molar-refractivity contribution in [1.82, 2.24) is 31.2 Å². The number of hydrogen-bond donors (Lipinski definition) is 8. The van der Waals surface area contributed by atoms with Crippen LogP contribution in [0, 0.1) is 11.3 Å². The van der Waals surface area contributed by atoms with Crippen LogP contribution < -0.4 is 53.7 Å². The molecule has 3 aromatic carbocycles. The number of carbonyl (C=O) groups is 5. The molecule has 0 saturated carbocycles. The maximum Gasteiger partial charge on any atom is 0.257 e. The molecule has 12 N–H and O–H groups in total. The maximum atomic E-state index is 14.7. The van der Waals surface area contributed by atoms with Gasteiger partial charge in [-0.1, -0.05) is 68.8 Å². The largest absolute Gasteiger partial charge is 0.492 e. The number of aromatic nitrogens is 1. The van der Waals surface area contributed by atoms with Crippen LogP contribution in [0.25, 0.3) is 22.4 Å². The number of rotatable bonds is 15. The molecule has 1 aliphatic heterocycles. The second-order valence-electron chi connectivity index (χ2n) is 16.8. The van der Waals surface area contributed by atoms with Crippen LogP contribution in [0.5, 0.6) is 11.5 Å². The average molecular weight is 925 g/mol. The molecule has 0 radical (unpaired) electrons. The number of carbonyl (C=O) groups excluding carboxylic acids is 5. The standard InChI is InChI=1S/C47H58ClN11O7/c1-26-42(60)58-36(43(61)54-19-16-50)23-27-6-12-37(65-20-17-51)31(22-27)32-24-29(9-13-38(32)66-21-18-52)40(45(63)55-26)59(5)46(64)34(14-15-49)57-44(62)39-33(53)25-35(56-41(39)48)28-7-10-30(11-8-28)47(2,3)4/h6-13,22,24-26,34,36,40H,14-15,17-21,23,49,51-52H2,1-5H3,(H2,53,56)(H,54,61)(H,55,63)(H,57,62)(H,58,60). The molecule has 4 aromatic rings. The molecule has 4 bridgehead atoms. The zero-order valence-electron chi connectivity index (χ0n) is 37.7. The van der Waals surface area contributed by atoms with Crippen molar-refractivity contribution in [2.24, 2.45) is 17.2 Å². The lowest BCUT2D eigenvalue weighted by atomic mass is 9.86. The first-order valence-corrected chi connectivity index (χ1v) is 21.8. The second-order valence-corrected chi connectivity index (χ2v) is 17.1. The molecule has 18 nitrogen and oxygen atoms in total. The molecule has 350 valence electrons. The summed E-state index contributed by atoms with van der Waals surface area (Å²) >= 11 is 6.63. The van der Waals surface area contributed by atoms with Gasteiger partial charge in [-0.3, -0.25) is 24.0 Å². The van der Waals surface area contributed by atoms with E-state index in [9.17, 15) is 24.0 Å². The summed E-state index contributed by atoms with van der Waals surface area (Å²) in [7, 11) is 1.38. The van der Waals surface area contributed by atoms with Crippen molar-refractivity contribution in [3.63, 3.8) is 0 Å². The van der Waals surface area contributed by atoms with Crippen molar-refractivity contribution in [3.8, 4) is 40.0 Å². The van der Waals surface area contributed by atoms with Crippen molar-refractivity contribution < 1.29 is 33.4 Å². The van der Waals surface area contributed by atoms with Gasteiger partial charge < -0.3 is 58.6 Å². The van der Waals surface area contributed by atoms with E-state index in [1.165, 1.54) is 20.0 Å². The number of pyridine rings is 1. The topological polar surface area (TPSA) is 296 Å². The molecule has 0 fully saturated rings. The highest BCUT2D eigenvalue weighted by Gasteiger charge is 2.36. The van der Waals surface area contributed by atoms with Gasteiger partial charge in [-0.05, 0) is 72.3 Å². The van der Waals surface area contributed by atoms with E-state index in [1.54, 1.807) is 36.4 Å². The van der Waals surface area contributed by atoms with Gasteiger partial charge in [-0.15, -0.1) is 0 Å². The fraction of sp³-hybridized carbons (Fsp3) is 0.383. The Morgan fingerprint density at radius 1 is 0.924 bits per heavy atom.